The molecule has 1 aliphatic rings. The number of hydrogen-bond acceptors (Lipinski definition) is 4. The summed E-state index contributed by atoms with van der Waals surface area (Å²) < 4.78 is 10.9. The van der Waals surface area contributed by atoms with E-state index in [2.05, 4.69) is 10.6 Å². The van der Waals surface area contributed by atoms with Crippen molar-refractivity contribution < 1.29 is 14.3 Å². The normalized spacial score (nSPS) is 16.0. The number of halogens is 1. The Hall–Kier alpha value is -1.30. The van der Waals surface area contributed by atoms with Crippen molar-refractivity contribution in [2.24, 2.45) is 11.8 Å². The van der Waals surface area contributed by atoms with E-state index in [-0.39, 0.29) is 11.8 Å². The largest absolute Gasteiger partial charge is 0.489 e. The van der Waals surface area contributed by atoms with Crippen LogP contribution in [0.15, 0.2) is 18.2 Å². The van der Waals surface area contributed by atoms with Gasteiger partial charge in [0.25, 0.3) is 0 Å². The van der Waals surface area contributed by atoms with Crippen molar-refractivity contribution in [3.05, 3.63) is 23.2 Å². The molecule has 1 saturated heterocycles. The van der Waals surface area contributed by atoms with Crippen LogP contribution in [-0.4, -0.2) is 38.8 Å². The van der Waals surface area contributed by atoms with Gasteiger partial charge in [0.1, 0.15) is 12.4 Å². The highest BCUT2D eigenvalue weighted by atomic mass is 35.5. The second-order valence-electron chi connectivity index (χ2n) is 5.38. The van der Waals surface area contributed by atoms with Crippen LogP contribution in [0.1, 0.15) is 13.8 Å². The second-order valence-corrected chi connectivity index (χ2v) is 5.82. The standard InChI is InChI=1S/C16H23ClN2O3/c1-3-21-6-7-22-15-5-4-13(17)8-14(15)19-16(20)11(2)12-9-18-10-12/h4-5,8,11-12,18H,3,6-7,9-10H2,1-2H3,(H,19,20). The van der Waals surface area contributed by atoms with Gasteiger partial charge in [-0.25, -0.2) is 0 Å². The first-order chi connectivity index (χ1) is 10.6. The fourth-order valence-corrected chi connectivity index (χ4v) is 2.38. The summed E-state index contributed by atoms with van der Waals surface area (Å²) >= 11 is 6.02. The Bertz CT molecular complexity index is 506. The zero-order valence-electron chi connectivity index (χ0n) is 13.0. The van der Waals surface area contributed by atoms with Gasteiger partial charge < -0.3 is 20.1 Å². The molecule has 0 bridgehead atoms. The van der Waals surface area contributed by atoms with Crippen LogP contribution >= 0.6 is 11.6 Å². The maximum atomic E-state index is 12.3. The molecule has 2 N–H and O–H groups in total. The number of anilines is 1. The van der Waals surface area contributed by atoms with Gasteiger partial charge in [-0.15, -0.1) is 0 Å². The van der Waals surface area contributed by atoms with Crippen LogP contribution in [0.3, 0.4) is 0 Å². The van der Waals surface area contributed by atoms with E-state index in [0.717, 1.165) is 13.1 Å². The Morgan fingerprint density at radius 2 is 2.23 bits per heavy atom. The molecule has 5 nitrogen and oxygen atoms in total. The maximum Gasteiger partial charge on any atom is 0.227 e. The van der Waals surface area contributed by atoms with Crippen molar-refractivity contribution in [3.8, 4) is 5.75 Å². The lowest BCUT2D eigenvalue weighted by Crippen LogP contribution is -2.48. The van der Waals surface area contributed by atoms with E-state index in [4.69, 9.17) is 21.1 Å². The molecule has 1 aromatic rings. The average Bonchev–Trinajstić information content (AvgIpc) is 2.43. The molecule has 1 heterocycles. The first kappa shape index (κ1) is 17.1. The highest BCUT2D eigenvalue weighted by Gasteiger charge is 2.29. The molecule has 0 saturated carbocycles. The molecule has 0 aromatic heterocycles. The number of carbonyl (C=O) groups is 1. The minimum atomic E-state index is -0.0449. The summed E-state index contributed by atoms with van der Waals surface area (Å²) in [5.74, 6) is 0.942. The van der Waals surface area contributed by atoms with Gasteiger partial charge in [-0.3, -0.25) is 4.79 Å². The van der Waals surface area contributed by atoms with Gasteiger partial charge >= 0.3 is 0 Å². The molecule has 122 valence electrons. The predicted octanol–water partition coefficient (Wildman–Crippen LogP) is 2.55. The van der Waals surface area contributed by atoms with E-state index < -0.39 is 0 Å². The molecule has 6 heteroatoms. The number of nitrogens with one attached hydrogen (secondary N) is 2. The van der Waals surface area contributed by atoms with Gasteiger partial charge in [0, 0.05) is 17.5 Å². The minimum absolute atomic E-state index is 0.0107. The van der Waals surface area contributed by atoms with Gasteiger partial charge in [-0.2, -0.15) is 0 Å². The highest BCUT2D eigenvalue weighted by Crippen LogP contribution is 2.29. The molecule has 0 spiro atoms. The molecule has 0 radical (unpaired) electrons. The molecule has 1 unspecified atom stereocenters. The van der Waals surface area contributed by atoms with Crippen LogP contribution in [0, 0.1) is 11.8 Å². The third-order valence-corrected chi connectivity index (χ3v) is 4.06. The van der Waals surface area contributed by atoms with Crippen molar-refractivity contribution in [1.82, 2.24) is 5.32 Å². The molecule has 2 rings (SSSR count). The van der Waals surface area contributed by atoms with Crippen molar-refractivity contribution in [2.45, 2.75) is 13.8 Å². The molecule has 1 aliphatic heterocycles. The molecule has 0 aliphatic carbocycles. The van der Waals surface area contributed by atoms with E-state index in [1.165, 1.54) is 0 Å². The first-order valence-electron chi connectivity index (χ1n) is 7.63. The fraction of sp³-hybridized carbons (Fsp3) is 0.562. The molecule has 22 heavy (non-hydrogen) atoms. The van der Waals surface area contributed by atoms with Crippen molar-refractivity contribution in [3.63, 3.8) is 0 Å². The average molecular weight is 327 g/mol. The number of carbonyl (C=O) groups excluding carboxylic acids is 1. The molecule has 1 aromatic carbocycles. The Balaban J connectivity index is 1.98. The zero-order valence-corrected chi connectivity index (χ0v) is 13.8. The summed E-state index contributed by atoms with van der Waals surface area (Å²) in [7, 11) is 0. The lowest BCUT2D eigenvalue weighted by Gasteiger charge is -2.31. The summed E-state index contributed by atoms with van der Waals surface area (Å²) in [6.45, 7) is 7.26. The second kappa shape index (κ2) is 8.36. The molecular formula is C16H23ClN2O3. The van der Waals surface area contributed by atoms with Crippen LogP contribution in [0.5, 0.6) is 5.75 Å². The zero-order chi connectivity index (χ0) is 15.9. The number of amides is 1. The monoisotopic (exact) mass is 326 g/mol. The predicted molar refractivity (Wildman–Crippen MR) is 87.6 cm³/mol. The van der Waals surface area contributed by atoms with E-state index in [9.17, 15) is 4.79 Å². The third kappa shape index (κ3) is 4.60. The van der Waals surface area contributed by atoms with Gasteiger partial charge in [0.2, 0.25) is 5.91 Å². The number of ether oxygens (including phenoxy) is 2. The number of rotatable bonds is 8. The fourth-order valence-electron chi connectivity index (χ4n) is 2.21. The first-order valence-corrected chi connectivity index (χ1v) is 8.01. The molecule has 1 fully saturated rings. The van der Waals surface area contributed by atoms with Crippen molar-refractivity contribution >= 4 is 23.2 Å². The quantitative estimate of drug-likeness (QED) is 0.721. The Morgan fingerprint density at radius 3 is 2.86 bits per heavy atom. The van der Waals surface area contributed by atoms with Gasteiger partial charge in [0.15, 0.2) is 0 Å². The number of benzene rings is 1. The lowest BCUT2D eigenvalue weighted by atomic mass is 9.88. The molecular weight excluding hydrogens is 304 g/mol. The van der Waals surface area contributed by atoms with Crippen LogP contribution in [0.2, 0.25) is 5.02 Å². The van der Waals surface area contributed by atoms with Crippen LogP contribution in [0.4, 0.5) is 5.69 Å². The van der Waals surface area contributed by atoms with Gasteiger partial charge in [0.05, 0.1) is 12.3 Å². The Kier molecular flexibility index (Phi) is 6.49. The number of hydrogen-bond donors (Lipinski definition) is 2. The van der Waals surface area contributed by atoms with Crippen LogP contribution in [0.25, 0.3) is 0 Å². The topological polar surface area (TPSA) is 59.6 Å². The minimum Gasteiger partial charge on any atom is -0.489 e. The van der Waals surface area contributed by atoms with Crippen molar-refractivity contribution in [1.29, 1.82) is 0 Å². The van der Waals surface area contributed by atoms with Gasteiger partial charge in [-0.1, -0.05) is 18.5 Å². The Labute approximate surface area is 136 Å². The highest BCUT2D eigenvalue weighted by molar-refractivity contribution is 6.31. The SMILES string of the molecule is CCOCCOc1ccc(Cl)cc1NC(=O)C(C)C1CNC1. The lowest BCUT2D eigenvalue weighted by molar-refractivity contribution is -0.121. The van der Waals surface area contributed by atoms with E-state index >= 15 is 0 Å². The van der Waals surface area contributed by atoms with Crippen LogP contribution in [-0.2, 0) is 9.53 Å². The Morgan fingerprint density at radius 1 is 1.45 bits per heavy atom. The summed E-state index contributed by atoms with van der Waals surface area (Å²) in [6, 6.07) is 5.22. The van der Waals surface area contributed by atoms with Crippen molar-refractivity contribution in [2.75, 3.05) is 38.2 Å². The summed E-state index contributed by atoms with van der Waals surface area (Å²) in [5.41, 5.74) is 0.605. The maximum absolute atomic E-state index is 12.3. The van der Waals surface area contributed by atoms with E-state index in [1.807, 2.05) is 13.8 Å². The summed E-state index contributed by atoms with van der Waals surface area (Å²) in [5, 5.41) is 6.67. The molecule has 1 amide bonds. The van der Waals surface area contributed by atoms with Crippen LogP contribution < -0.4 is 15.4 Å². The summed E-state index contributed by atoms with van der Waals surface area (Å²) in [6.07, 6.45) is 0. The summed E-state index contributed by atoms with van der Waals surface area (Å²) in [4.78, 5) is 12.3. The van der Waals surface area contributed by atoms with E-state index in [1.54, 1.807) is 18.2 Å². The smallest absolute Gasteiger partial charge is 0.227 e. The van der Waals surface area contributed by atoms with E-state index in [0.29, 0.717) is 42.2 Å². The molecule has 1 atom stereocenters. The van der Waals surface area contributed by atoms with Gasteiger partial charge in [-0.05, 0) is 44.1 Å². The third-order valence-electron chi connectivity index (χ3n) is 3.82.